The molecular weight excluding hydrogens is 360 g/mol. The number of rotatable bonds is 5. The van der Waals surface area contributed by atoms with E-state index in [0.29, 0.717) is 35.5 Å². The Bertz CT molecular complexity index is 1010. The van der Waals surface area contributed by atoms with Crippen molar-refractivity contribution in [3.63, 3.8) is 0 Å². The minimum absolute atomic E-state index is 0.111. The van der Waals surface area contributed by atoms with Crippen molar-refractivity contribution in [1.29, 1.82) is 0 Å². The second-order valence-electron chi connectivity index (χ2n) is 6.85. The van der Waals surface area contributed by atoms with Crippen LogP contribution in [-0.2, 0) is 9.53 Å². The second kappa shape index (κ2) is 7.44. The summed E-state index contributed by atoms with van der Waals surface area (Å²) >= 11 is 0. The van der Waals surface area contributed by atoms with Crippen LogP contribution < -0.4 is 0 Å². The van der Waals surface area contributed by atoms with E-state index >= 15 is 0 Å². The van der Waals surface area contributed by atoms with Crippen LogP contribution in [-0.4, -0.2) is 52.7 Å². The molecule has 0 aliphatic carbocycles. The lowest BCUT2D eigenvalue weighted by Crippen LogP contribution is -2.37. The number of benzene rings is 1. The molecule has 3 aromatic rings. The summed E-state index contributed by atoms with van der Waals surface area (Å²) in [5.41, 5.74) is 1.71. The Morgan fingerprint density at radius 2 is 2.11 bits per heavy atom. The molecule has 1 amide bonds. The molecule has 1 N–H and O–H groups in total. The second-order valence-corrected chi connectivity index (χ2v) is 6.85. The molecule has 0 radical (unpaired) electrons. The molecule has 7 nitrogen and oxygen atoms in total. The highest BCUT2D eigenvalue weighted by molar-refractivity contribution is 6.07. The van der Waals surface area contributed by atoms with E-state index < -0.39 is 12.0 Å². The molecule has 144 valence electrons. The lowest BCUT2D eigenvalue weighted by atomic mass is 10.0. The van der Waals surface area contributed by atoms with Crippen LogP contribution in [0.2, 0.25) is 0 Å². The van der Waals surface area contributed by atoms with E-state index in [9.17, 15) is 14.7 Å². The molecule has 2 atom stereocenters. The number of ether oxygens (including phenoxy) is 1. The van der Waals surface area contributed by atoms with E-state index in [1.54, 1.807) is 36.5 Å². The number of hydrogen-bond donors (Lipinski definition) is 1. The first-order valence-electron chi connectivity index (χ1n) is 9.06. The zero-order chi connectivity index (χ0) is 19.7. The van der Waals surface area contributed by atoms with Crippen molar-refractivity contribution in [2.75, 3.05) is 13.7 Å². The number of carbonyl (C=O) groups excluding carboxylic acids is 1. The van der Waals surface area contributed by atoms with Crippen molar-refractivity contribution in [2.24, 2.45) is 0 Å². The fraction of sp³-hybridized carbons (Fsp3) is 0.286. The summed E-state index contributed by atoms with van der Waals surface area (Å²) in [5, 5.41) is 9.96. The van der Waals surface area contributed by atoms with E-state index in [1.165, 1.54) is 0 Å². The summed E-state index contributed by atoms with van der Waals surface area (Å²) in [6, 6.07) is 12.3. The summed E-state index contributed by atoms with van der Waals surface area (Å²) in [7, 11) is 1.58. The van der Waals surface area contributed by atoms with E-state index in [4.69, 9.17) is 9.15 Å². The summed E-state index contributed by atoms with van der Waals surface area (Å²) in [6.07, 6.45) is 1.77. The van der Waals surface area contributed by atoms with Crippen LogP contribution in [0.3, 0.4) is 0 Å². The van der Waals surface area contributed by atoms with Crippen LogP contribution in [0.25, 0.3) is 22.4 Å². The molecule has 0 saturated carbocycles. The minimum atomic E-state index is -0.935. The van der Waals surface area contributed by atoms with Gasteiger partial charge in [-0.3, -0.25) is 9.59 Å². The van der Waals surface area contributed by atoms with Gasteiger partial charge in [-0.2, -0.15) is 0 Å². The number of hydrogen-bond acceptors (Lipinski definition) is 5. The fourth-order valence-electron chi connectivity index (χ4n) is 3.75. The Morgan fingerprint density at radius 3 is 2.82 bits per heavy atom. The number of para-hydroxylation sites is 1. The molecular formula is C21H20N2O5. The van der Waals surface area contributed by atoms with Crippen LogP contribution >= 0.6 is 0 Å². The third-order valence-electron chi connectivity index (χ3n) is 5.10. The average molecular weight is 380 g/mol. The Labute approximate surface area is 161 Å². The minimum Gasteiger partial charge on any atom is -0.481 e. The number of carboxylic acid groups (broad SMARTS) is 1. The molecule has 4 rings (SSSR count). The number of furan rings is 1. The number of nitrogens with zero attached hydrogens (tertiary/aromatic N) is 2. The standard InChI is InChI=1S/C21H20N2O5/c1-27-14-9-13(10-20(24)25)23(12-14)21(26)16-11-18(19-7-4-8-28-19)22-17-6-3-2-5-15(16)17/h2-8,11,13-14H,9-10,12H2,1H3,(H,24,25). The fourth-order valence-corrected chi connectivity index (χ4v) is 3.75. The van der Waals surface area contributed by atoms with Gasteiger partial charge in [0.15, 0.2) is 5.76 Å². The van der Waals surface area contributed by atoms with Gasteiger partial charge in [0, 0.05) is 25.1 Å². The molecule has 1 saturated heterocycles. The third kappa shape index (κ3) is 3.36. The van der Waals surface area contributed by atoms with Crippen LogP contribution in [0.5, 0.6) is 0 Å². The zero-order valence-corrected chi connectivity index (χ0v) is 15.4. The third-order valence-corrected chi connectivity index (χ3v) is 5.10. The zero-order valence-electron chi connectivity index (χ0n) is 15.4. The van der Waals surface area contributed by atoms with E-state index in [0.717, 1.165) is 5.39 Å². The van der Waals surface area contributed by atoms with Gasteiger partial charge in [0.25, 0.3) is 5.91 Å². The van der Waals surface area contributed by atoms with E-state index in [2.05, 4.69) is 4.98 Å². The first-order chi connectivity index (χ1) is 13.6. The lowest BCUT2D eigenvalue weighted by Gasteiger charge is -2.24. The number of aliphatic carboxylic acids is 1. The topological polar surface area (TPSA) is 92.9 Å². The van der Waals surface area contributed by atoms with Gasteiger partial charge < -0.3 is 19.2 Å². The summed E-state index contributed by atoms with van der Waals surface area (Å²) in [6.45, 7) is 0.361. The highest BCUT2D eigenvalue weighted by atomic mass is 16.5. The first-order valence-corrected chi connectivity index (χ1v) is 9.06. The van der Waals surface area contributed by atoms with E-state index in [-0.39, 0.29) is 18.4 Å². The quantitative estimate of drug-likeness (QED) is 0.731. The SMILES string of the molecule is COC1CC(CC(=O)O)N(C(=O)c2cc(-c3ccco3)nc3ccccc23)C1. The highest BCUT2D eigenvalue weighted by Crippen LogP contribution is 2.30. The maximum Gasteiger partial charge on any atom is 0.305 e. The summed E-state index contributed by atoms with van der Waals surface area (Å²) < 4.78 is 10.8. The monoisotopic (exact) mass is 380 g/mol. The van der Waals surface area contributed by atoms with Gasteiger partial charge in [0.05, 0.1) is 29.9 Å². The van der Waals surface area contributed by atoms with Crippen molar-refractivity contribution >= 4 is 22.8 Å². The van der Waals surface area contributed by atoms with Gasteiger partial charge in [0.1, 0.15) is 5.69 Å². The van der Waals surface area contributed by atoms with Gasteiger partial charge in [-0.25, -0.2) is 4.98 Å². The Kier molecular flexibility index (Phi) is 4.83. The molecule has 2 aromatic heterocycles. The Morgan fingerprint density at radius 1 is 1.29 bits per heavy atom. The molecule has 28 heavy (non-hydrogen) atoms. The summed E-state index contributed by atoms with van der Waals surface area (Å²) in [4.78, 5) is 30.9. The van der Waals surface area contributed by atoms with Crippen LogP contribution in [0, 0.1) is 0 Å². The highest BCUT2D eigenvalue weighted by Gasteiger charge is 2.37. The van der Waals surface area contributed by atoms with Crippen molar-refractivity contribution < 1.29 is 23.8 Å². The van der Waals surface area contributed by atoms with Crippen LogP contribution in [0.4, 0.5) is 0 Å². The van der Waals surface area contributed by atoms with E-state index in [1.807, 2.05) is 24.3 Å². The van der Waals surface area contributed by atoms with Gasteiger partial charge in [-0.05, 0) is 30.7 Å². The van der Waals surface area contributed by atoms with Gasteiger partial charge in [-0.1, -0.05) is 18.2 Å². The predicted molar refractivity (Wildman–Crippen MR) is 102 cm³/mol. The van der Waals surface area contributed by atoms with Crippen LogP contribution in [0.15, 0.2) is 53.1 Å². The number of fused-ring (bicyclic) bond motifs is 1. The Balaban J connectivity index is 1.78. The number of methoxy groups -OCH3 is 1. The number of aromatic nitrogens is 1. The number of likely N-dealkylation sites (tertiary alicyclic amines) is 1. The average Bonchev–Trinajstić information content (AvgIpc) is 3.36. The lowest BCUT2D eigenvalue weighted by molar-refractivity contribution is -0.137. The maximum absolute atomic E-state index is 13.5. The smallest absolute Gasteiger partial charge is 0.305 e. The first kappa shape index (κ1) is 18.2. The molecule has 7 heteroatoms. The molecule has 1 aromatic carbocycles. The predicted octanol–water partition coefficient (Wildman–Crippen LogP) is 3.20. The van der Waals surface area contributed by atoms with Crippen molar-refractivity contribution in [2.45, 2.75) is 25.0 Å². The maximum atomic E-state index is 13.5. The number of carboxylic acids is 1. The normalized spacial score (nSPS) is 19.2. The van der Waals surface area contributed by atoms with Crippen LogP contribution in [0.1, 0.15) is 23.2 Å². The van der Waals surface area contributed by atoms with Gasteiger partial charge >= 0.3 is 5.97 Å². The molecule has 1 fully saturated rings. The largest absolute Gasteiger partial charge is 0.481 e. The molecule has 1 aliphatic heterocycles. The molecule has 0 spiro atoms. The molecule has 1 aliphatic rings. The molecule has 0 bridgehead atoms. The van der Waals surface area contributed by atoms with Gasteiger partial charge in [-0.15, -0.1) is 0 Å². The molecule has 3 heterocycles. The van der Waals surface area contributed by atoms with Crippen molar-refractivity contribution in [1.82, 2.24) is 9.88 Å². The number of carbonyl (C=O) groups is 2. The summed E-state index contributed by atoms with van der Waals surface area (Å²) in [5.74, 6) is -0.592. The van der Waals surface area contributed by atoms with Crippen molar-refractivity contribution in [3.8, 4) is 11.5 Å². The van der Waals surface area contributed by atoms with Crippen molar-refractivity contribution in [3.05, 3.63) is 54.3 Å². The van der Waals surface area contributed by atoms with Gasteiger partial charge in [0.2, 0.25) is 0 Å². The molecule has 2 unspecified atom stereocenters. The number of pyridine rings is 1. The Hall–Kier alpha value is -3.19. The number of amides is 1.